The average molecular weight is 286 g/mol. The van der Waals surface area contributed by atoms with Crippen molar-refractivity contribution in [3.8, 4) is 11.8 Å². The highest BCUT2D eigenvalue weighted by molar-refractivity contribution is 6.06. The first kappa shape index (κ1) is 15.1. The van der Waals surface area contributed by atoms with Crippen molar-refractivity contribution in [3.05, 3.63) is 35.4 Å². The number of urea groups is 1. The summed E-state index contributed by atoms with van der Waals surface area (Å²) in [4.78, 5) is 25.5. The van der Waals surface area contributed by atoms with Crippen molar-refractivity contribution in [3.63, 3.8) is 0 Å². The van der Waals surface area contributed by atoms with E-state index in [2.05, 4.69) is 17.2 Å². The van der Waals surface area contributed by atoms with E-state index in [1.165, 1.54) is 4.90 Å². The highest BCUT2D eigenvalue weighted by Gasteiger charge is 2.46. The van der Waals surface area contributed by atoms with Gasteiger partial charge in [-0.25, -0.2) is 4.79 Å². The maximum Gasteiger partial charge on any atom is 0.325 e. The topological polar surface area (TPSA) is 69.6 Å². The Labute approximate surface area is 124 Å². The van der Waals surface area contributed by atoms with Gasteiger partial charge in [-0.05, 0) is 31.0 Å². The molecule has 2 N–H and O–H groups in total. The Hall–Kier alpha value is -2.32. The monoisotopic (exact) mass is 286 g/mol. The van der Waals surface area contributed by atoms with Gasteiger partial charge in [-0.15, -0.1) is 0 Å². The van der Waals surface area contributed by atoms with Gasteiger partial charge in [-0.1, -0.05) is 30.9 Å². The predicted molar refractivity (Wildman–Crippen MR) is 78.2 cm³/mol. The number of imide groups is 1. The number of hydrogen-bond acceptors (Lipinski definition) is 3. The van der Waals surface area contributed by atoms with Crippen LogP contribution >= 0.6 is 0 Å². The fourth-order valence-electron chi connectivity index (χ4n) is 2.20. The lowest BCUT2D eigenvalue weighted by atomic mass is 9.99. The largest absolute Gasteiger partial charge is 0.384 e. The lowest BCUT2D eigenvalue weighted by Crippen LogP contribution is -2.43. The summed E-state index contributed by atoms with van der Waals surface area (Å²) in [5, 5.41) is 11.4. The number of aliphatic hydroxyl groups is 1. The van der Waals surface area contributed by atoms with E-state index in [1.807, 2.05) is 31.2 Å². The summed E-state index contributed by atoms with van der Waals surface area (Å²) in [5.74, 6) is 5.17. The lowest BCUT2D eigenvalue weighted by molar-refractivity contribution is -0.131. The van der Waals surface area contributed by atoms with Crippen molar-refractivity contribution in [1.29, 1.82) is 0 Å². The molecule has 2 rings (SSSR count). The second kappa shape index (κ2) is 5.98. The van der Waals surface area contributed by atoms with Gasteiger partial charge in [-0.3, -0.25) is 9.69 Å². The van der Waals surface area contributed by atoms with E-state index in [0.717, 1.165) is 11.1 Å². The minimum atomic E-state index is -0.814. The van der Waals surface area contributed by atoms with Gasteiger partial charge in [0.15, 0.2) is 0 Å². The zero-order valence-corrected chi connectivity index (χ0v) is 12.1. The molecule has 0 aliphatic carbocycles. The van der Waals surface area contributed by atoms with Gasteiger partial charge in [0.2, 0.25) is 0 Å². The molecule has 0 spiro atoms. The summed E-state index contributed by atoms with van der Waals surface area (Å²) in [6, 6.07) is 6.91. The molecule has 1 aromatic carbocycles. The maximum absolute atomic E-state index is 12.3. The summed E-state index contributed by atoms with van der Waals surface area (Å²) in [6.07, 6.45) is 0.552. The van der Waals surface area contributed by atoms with Gasteiger partial charge in [0.05, 0.1) is 6.54 Å². The molecule has 5 heteroatoms. The second-order valence-electron chi connectivity index (χ2n) is 5.17. The molecule has 1 fully saturated rings. The Balaban J connectivity index is 2.19. The van der Waals surface area contributed by atoms with Crippen LogP contribution in [0.3, 0.4) is 0 Å². The first-order valence-electron chi connectivity index (χ1n) is 6.83. The van der Waals surface area contributed by atoms with Crippen molar-refractivity contribution in [1.82, 2.24) is 10.2 Å². The zero-order valence-electron chi connectivity index (χ0n) is 12.1. The molecule has 21 heavy (non-hydrogen) atoms. The fourth-order valence-corrected chi connectivity index (χ4v) is 2.20. The van der Waals surface area contributed by atoms with E-state index in [9.17, 15) is 9.59 Å². The summed E-state index contributed by atoms with van der Waals surface area (Å²) in [7, 11) is 0. The van der Waals surface area contributed by atoms with E-state index in [4.69, 9.17) is 5.11 Å². The van der Waals surface area contributed by atoms with E-state index in [0.29, 0.717) is 6.42 Å². The third-order valence-electron chi connectivity index (χ3n) is 3.63. The third-order valence-corrected chi connectivity index (χ3v) is 3.63. The minimum Gasteiger partial charge on any atom is -0.384 e. The zero-order chi connectivity index (χ0) is 15.5. The standard InChI is InChI=1S/C16H18N2O3/c1-3-16(2)14(20)18(15(21)17-16)11-13-7-4-6-12(10-13)8-5-9-19/h4,6-7,10,19H,3,9,11H2,1-2H3,(H,17,21). The molecule has 3 amide bonds. The van der Waals surface area contributed by atoms with Gasteiger partial charge in [0.25, 0.3) is 5.91 Å². The Morgan fingerprint density at radius 3 is 2.76 bits per heavy atom. The number of nitrogens with zero attached hydrogens (tertiary/aromatic N) is 1. The number of hydrogen-bond donors (Lipinski definition) is 2. The first-order chi connectivity index (χ1) is 10.00. The van der Waals surface area contributed by atoms with Gasteiger partial charge >= 0.3 is 6.03 Å². The minimum absolute atomic E-state index is 0.202. The van der Waals surface area contributed by atoms with Crippen molar-refractivity contribution in [2.24, 2.45) is 0 Å². The van der Waals surface area contributed by atoms with Crippen LogP contribution in [-0.2, 0) is 11.3 Å². The van der Waals surface area contributed by atoms with Crippen LogP contribution in [0.25, 0.3) is 0 Å². The number of amides is 3. The molecule has 1 atom stereocenters. The molecule has 1 unspecified atom stereocenters. The van der Waals surface area contributed by atoms with Crippen LogP contribution in [0, 0.1) is 11.8 Å². The highest BCUT2D eigenvalue weighted by atomic mass is 16.2. The van der Waals surface area contributed by atoms with E-state index in [-0.39, 0.29) is 25.1 Å². The quantitative estimate of drug-likeness (QED) is 0.649. The Bertz CT molecular complexity index is 630. The van der Waals surface area contributed by atoms with Gasteiger partial charge in [0.1, 0.15) is 12.1 Å². The van der Waals surface area contributed by atoms with E-state index >= 15 is 0 Å². The van der Waals surface area contributed by atoms with E-state index in [1.54, 1.807) is 6.92 Å². The molecule has 0 aromatic heterocycles. The van der Waals surface area contributed by atoms with Crippen LogP contribution in [0.1, 0.15) is 31.4 Å². The van der Waals surface area contributed by atoms with Gasteiger partial charge < -0.3 is 10.4 Å². The molecule has 1 aliphatic rings. The second-order valence-corrected chi connectivity index (χ2v) is 5.17. The smallest absolute Gasteiger partial charge is 0.325 e. The molecule has 0 bridgehead atoms. The van der Waals surface area contributed by atoms with Crippen molar-refractivity contribution in [2.45, 2.75) is 32.4 Å². The van der Waals surface area contributed by atoms with E-state index < -0.39 is 5.54 Å². The molecule has 0 radical (unpaired) electrons. The Morgan fingerprint density at radius 1 is 1.38 bits per heavy atom. The summed E-state index contributed by atoms with van der Waals surface area (Å²) in [6.45, 7) is 3.62. The van der Waals surface area contributed by atoms with Crippen LogP contribution in [0.2, 0.25) is 0 Å². The van der Waals surface area contributed by atoms with Crippen LogP contribution in [-0.4, -0.2) is 34.1 Å². The number of benzene rings is 1. The first-order valence-corrected chi connectivity index (χ1v) is 6.83. The lowest BCUT2D eigenvalue weighted by Gasteiger charge is -2.19. The normalized spacial score (nSPS) is 21.0. The number of carbonyl (C=O) groups is 2. The molecule has 0 saturated carbocycles. The Kier molecular flexibility index (Phi) is 4.29. The van der Waals surface area contributed by atoms with Crippen LogP contribution in [0.15, 0.2) is 24.3 Å². The summed E-state index contributed by atoms with van der Waals surface area (Å²) >= 11 is 0. The summed E-state index contributed by atoms with van der Waals surface area (Å²) < 4.78 is 0. The van der Waals surface area contributed by atoms with Crippen LogP contribution in [0.4, 0.5) is 4.79 Å². The number of carbonyl (C=O) groups excluding carboxylic acids is 2. The predicted octanol–water partition coefficient (Wildman–Crippen LogP) is 1.25. The average Bonchev–Trinajstić information content (AvgIpc) is 2.70. The molecule has 5 nitrogen and oxygen atoms in total. The molecular formula is C16H18N2O3. The van der Waals surface area contributed by atoms with Gasteiger partial charge in [0, 0.05) is 5.56 Å². The third kappa shape index (κ3) is 3.06. The van der Waals surface area contributed by atoms with Crippen LogP contribution in [0.5, 0.6) is 0 Å². The molecule has 110 valence electrons. The Morgan fingerprint density at radius 2 is 2.14 bits per heavy atom. The number of nitrogens with one attached hydrogen (secondary N) is 1. The molecule has 1 heterocycles. The molecule has 1 aromatic rings. The van der Waals surface area contributed by atoms with Crippen molar-refractivity contribution < 1.29 is 14.7 Å². The SMILES string of the molecule is CCC1(C)NC(=O)N(Cc2cccc(C#CCO)c2)C1=O. The number of rotatable bonds is 3. The fraction of sp³-hybridized carbons (Fsp3) is 0.375. The van der Waals surface area contributed by atoms with Gasteiger partial charge in [-0.2, -0.15) is 0 Å². The van der Waals surface area contributed by atoms with Crippen molar-refractivity contribution in [2.75, 3.05) is 6.61 Å². The molecule has 1 aliphatic heterocycles. The number of aliphatic hydroxyl groups excluding tert-OH is 1. The maximum atomic E-state index is 12.3. The molecule has 1 saturated heterocycles. The highest BCUT2D eigenvalue weighted by Crippen LogP contribution is 2.22. The summed E-state index contributed by atoms with van der Waals surface area (Å²) in [5.41, 5.74) is 0.751. The molecular weight excluding hydrogens is 268 g/mol. The van der Waals surface area contributed by atoms with Crippen LogP contribution < -0.4 is 5.32 Å². The van der Waals surface area contributed by atoms with Crippen molar-refractivity contribution >= 4 is 11.9 Å².